The summed E-state index contributed by atoms with van der Waals surface area (Å²) < 4.78 is 0. The van der Waals surface area contributed by atoms with E-state index in [1.165, 1.54) is 0 Å². The number of aliphatic hydroxyl groups is 1. The molecule has 2 amide bonds. The van der Waals surface area contributed by atoms with Crippen LogP contribution in [-0.4, -0.2) is 63.3 Å². The van der Waals surface area contributed by atoms with Crippen molar-refractivity contribution < 1.29 is 19.8 Å². The number of amides is 2. The second-order valence-electron chi connectivity index (χ2n) is 5.99. The number of aliphatic hydroxyl groups excluding tert-OH is 1. The molecule has 1 unspecified atom stereocenters. The average Bonchev–Trinajstić information content (AvgIpc) is 2.26. The minimum atomic E-state index is -0.916. The minimum absolute atomic E-state index is 0.0700. The van der Waals surface area contributed by atoms with Gasteiger partial charge in [0.05, 0.1) is 12.5 Å². The molecule has 0 bridgehead atoms. The molecule has 0 spiro atoms. The molecule has 1 saturated heterocycles. The van der Waals surface area contributed by atoms with Gasteiger partial charge in [0.15, 0.2) is 0 Å². The van der Waals surface area contributed by atoms with Gasteiger partial charge in [-0.1, -0.05) is 0 Å². The summed E-state index contributed by atoms with van der Waals surface area (Å²) in [5, 5.41) is 18.4. The van der Waals surface area contributed by atoms with Crippen molar-refractivity contribution in [2.24, 2.45) is 0 Å². The van der Waals surface area contributed by atoms with E-state index in [9.17, 15) is 14.7 Å². The molecule has 0 aromatic rings. The van der Waals surface area contributed by atoms with Crippen LogP contribution >= 0.6 is 0 Å². The molecule has 0 aliphatic carbocycles. The van der Waals surface area contributed by atoms with Gasteiger partial charge in [0.25, 0.3) is 0 Å². The summed E-state index contributed by atoms with van der Waals surface area (Å²) in [7, 11) is 0. The first kappa shape index (κ1) is 15.8. The van der Waals surface area contributed by atoms with Crippen LogP contribution in [0.4, 0.5) is 4.79 Å². The highest BCUT2D eigenvalue weighted by molar-refractivity contribution is 5.76. The van der Waals surface area contributed by atoms with Gasteiger partial charge in [-0.2, -0.15) is 0 Å². The lowest BCUT2D eigenvalue weighted by atomic mass is 10.0. The van der Waals surface area contributed by atoms with Crippen molar-refractivity contribution in [1.29, 1.82) is 0 Å². The first-order chi connectivity index (χ1) is 8.71. The molecule has 1 atom stereocenters. The van der Waals surface area contributed by atoms with Gasteiger partial charge in [-0.3, -0.25) is 4.79 Å². The number of carbonyl (C=O) groups excluding carboxylic acids is 1. The Bertz CT molecular complexity index is 338. The molecule has 1 aliphatic heterocycles. The number of nitrogens with zero attached hydrogens (tertiary/aromatic N) is 2. The highest BCUT2D eigenvalue weighted by Crippen LogP contribution is 2.19. The predicted octanol–water partition coefficient (Wildman–Crippen LogP) is 1.14. The second-order valence-corrected chi connectivity index (χ2v) is 5.99. The number of urea groups is 1. The fraction of sp³-hybridized carbons (Fsp3) is 0.846. The number of carboxylic acid groups (broad SMARTS) is 1. The van der Waals surface area contributed by atoms with Crippen LogP contribution in [0.5, 0.6) is 0 Å². The molecule has 0 saturated carbocycles. The van der Waals surface area contributed by atoms with Crippen molar-refractivity contribution in [2.75, 3.05) is 19.6 Å². The summed E-state index contributed by atoms with van der Waals surface area (Å²) in [6, 6.07) is -0.187. The lowest BCUT2D eigenvalue weighted by molar-refractivity contribution is -0.137. The predicted molar refractivity (Wildman–Crippen MR) is 70.9 cm³/mol. The maximum atomic E-state index is 12.5. The Morgan fingerprint density at radius 2 is 2.00 bits per heavy atom. The third kappa shape index (κ3) is 4.70. The van der Waals surface area contributed by atoms with Gasteiger partial charge in [0.2, 0.25) is 0 Å². The van der Waals surface area contributed by atoms with Crippen molar-refractivity contribution in [3.05, 3.63) is 0 Å². The summed E-state index contributed by atoms with van der Waals surface area (Å²) in [6.45, 7) is 6.78. The quantitative estimate of drug-likeness (QED) is 0.807. The number of likely N-dealkylation sites (tertiary alicyclic amines) is 1. The molecule has 110 valence electrons. The van der Waals surface area contributed by atoms with E-state index in [4.69, 9.17) is 5.11 Å². The lowest BCUT2D eigenvalue weighted by Crippen LogP contribution is -2.55. The van der Waals surface area contributed by atoms with Gasteiger partial charge in [-0.05, 0) is 33.6 Å². The minimum Gasteiger partial charge on any atom is -0.481 e. The van der Waals surface area contributed by atoms with Crippen LogP contribution < -0.4 is 0 Å². The van der Waals surface area contributed by atoms with E-state index in [1.54, 1.807) is 9.80 Å². The number of carbonyl (C=O) groups is 2. The number of aliphatic carboxylic acids is 1. The topological polar surface area (TPSA) is 81.1 Å². The number of piperidine rings is 1. The fourth-order valence-electron chi connectivity index (χ4n) is 2.22. The van der Waals surface area contributed by atoms with Crippen molar-refractivity contribution in [2.45, 2.75) is 51.7 Å². The average molecular weight is 272 g/mol. The first-order valence-corrected chi connectivity index (χ1v) is 6.68. The first-order valence-electron chi connectivity index (χ1n) is 6.68. The monoisotopic (exact) mass is 272 g/mol. The van der Waals surface area contributed by atoms with E-state index in [2.05, 4.69) is 0 Å². The summed E-state index contributed by atoms with van der Waals surface area (Å²) in [4.78, 5) is 26.3. The molecule has 1 rings (SSSR count). The van der Waals surface area contributed by atoms with Crippen LogP contribution in [0, 0.1) is 0 Å². The zero-order chi connectivity index (χ0) is 14.6. The molecule has 0 aromatic heterocycles. The van der Waals surface area contributed by atoms with E-state index in [-0.39, 0.29) is 19.0 Å². The molecular weight excluding hydrogens is 248 g/mol. The van der Waals surface area contributed by atoms with Gasteiger partial charge in [0, 0.05) is 25.2 Å². The van der Waals surface area contributed by atoms with E-state index < -0.39 is 17.6 Å². The van der Waals surface area contributed by atoms with Gasteiger partial charge >= 0.3 is 12.0 Å². The summed E-state index contributed by atoms with van der Waals surface area (Å²) in [5.74, 6) is -0.916. The molecule has 0 radical (unpaired) electrons. The second kappa shape index (κ2) is 6.23. The number of rotatable bonds is 3. The Labute approximate surface area is 114 Å². The molecule has 1 fully saturated rings. The van der Waals surface area contributed by atoms with E-state index >= 15 is 0 Å². The molecule has 6 nitrogen and oxygen atoms in total. The number of hydrogen-bond donors (Lipinski definition) is 2. The van der Waals surface area contributed by atoms with Crippen LogP contribution in [0.3, 0.4) is 0 Å². The molecule has 19 heavy (non-hydrogen) atoms. The Balaban J connectivity index is 2.73. The largest absolute Gasteiger partial charge is 0.481 e. The van der Waals surface area contributed by atoms with Gasteiger partial charge in [-0.25, -0.2) is 4.79 Å². The maximum absolute atomic E-state index is 12.5. The summed E-state index contributed by atoms with van der Waals surface area (Å²) in [5.41, 5.74) is -0.436. The summed E-state index contributed by atoms with van der Waals surface area (Å²) in [6.07, 6.45) is 0.955. The lowest BCUT2D eigenvalue weighted by Gasteiger charge is -2.41. The third-order valence-electron chi connectivity index (χ3n) is 3.26. The Kier molecular flexibility index (Phi) is 5.17. The highest BCUT2D eigenvalue weighted by atomic mass is 16.4. The van der Waals surface area contributed by atoms with Crippen LogP contribution in [0.1, 0.15) is 40.0 Å². The number of β-amino-alcohol motifs (C(OH)–C–C–N with tert-alkyl or cyclic N) is 1. The third-order valence-corrected chi connectivity index (χ3v) is 3.26. The maximum Gasteiger partial charge on any atom is 0.320 e. The highest BCUT2D eigenvalue weighted by Gasteiger charge is 2.32. The van der Waals surface area contributed by atoms with Gasteiger partial charge in [-0.15, -0.1) is 0 Å². The standard InChI is InChI=1S/C13H24N2O4/c1-13(2,3)15(8-6-11(17)18)12(19)14-7-4-5-10(16)9-14/h10,16H,4-9H2,1-3H3,(H,17,18). The Morgan fingerprint density at radius 1 is 1.37 bits per heavy atom. The zero-order valence-corrected chi connectivity index (χ0v) is 11.9. The Hall–Kier alpha value is -1.30. The van der Waals surface area contributed by atoms with Crippen molar-refractivity contribution >= 4 is 12.0 Å². The normalized spacial score (nSPS) is 20.2. The molecule has 6 heteroatoms. The molecule has 2 N–H and O–H groups in total. The van der Waals surface area contributed by atoms with Crippen molar-refractivity contribution in [3.8, 4) is 0 Å². The van der Waals surface area contributed by atoms with Gasteiger partial charge in [0.1, 0.15) is 0 Å². The van der Waals surface area contributed by atoms with E-state index in [0.29, 0.717) is 19.5 Å². The number of carboxylic acids is 1. The molecular formula is C13H24N2O4. The Morgan fingerprint density at radius 3 is 2.47 bits per heavy atom. The van der Waals surface area contributed by atoms with Crippen LogP contribution in [0.2, 0.25) is 0 Å². The van der Waals surface area contributed by atoms with E-state index in [0.717, 1.165) is 6.42 Å². The smallest absolute Gasteiger partial charge is 0.320 e. The van der Waals surface area contributed by atoms with Crippen LogP contribution in [0.15, 0.2) is 0 Å². The van der Waals surface area contributed by atoms with E-state index in [1.807, 2.05) is 20.8 Å². The molecule has 1 heterocycles. The van der Waals surface area contributed by atoms with Crippen molar-refractivity contribution in [3.63, 3.8) is 0 Å². The zero-order valence-electron chi connectivity index (χ0n) is 11.9. The van der Waals surface area contributed by atoms with Crippen molar-refractivity contribution in [1.82, 2.24) is 9.80 Å². The van der Waals surface area contributed by atoms with Crippen LogP contribution in [0.25, 0.3) is 0 Å². The summed E-state index contributed by atoms with van der Waals surface area (Å²) >= 11 is 0. The SMILES string of the molecule is CC(C)(C)N(CCC(=O)O)C(=O)N1CCCC(O)C1. The van der Waals surface area contributed by atoms with Gasteiger partial charge < -0.3 is 20.0 Å². The fourth-order valence-corrected chi connectivity index (χ4v) is 2.22. The molecule has 0 aromatic carbocycles. The molecule has 1 aliphatic rings. The van der Waals surface area contributed by atoms with Crippen LogP contribution in [-0.2, 0) is 4.79 Å². The number of hydrogen-bond acceptors (Lipinski definition) is 3.